The van der Waals surface area contributed by atoms with Crippen molar-refractivity contribution in [1.82, 2.24) is 9.78 Å². The van der Waals surface area contributed by atoms with E-state index in [0.29, 0.717) is 40.1 Å². The van der Waals surface area contributed by atoms with E-state index in [1.807, 2.05) is 60.7 Å². The Morgan fingerprint density at radius 2 is 1.79 bits per heavy atom. The van der Waals surface area contributed by atoms with Gasteiger partial charge in [0.15, 0.2) is 0 Å². The van der Waals surface area contributed by atoms with Gasteiger partial charge in [0.2, 0.25) is 0 Å². The molecule has 33 heavy (non-hydrogen) atoms. The molecule has 0 saturated carbocycles. The largest absolute Gasteiger partial charge is 0.457 e. The molecule has 0 bridgehead atoms. The van der Waals surface area contributed by atoms with Crippen LogP contribution < -0.4 is 21.5 Å². The molecule has 0 spiro atoms. The predicted octanol–water partition coefficient (Wildman–Crippen LogP) is 5.08. The maximum absolute atomic E-state index is 12.5. The van der Waals surface area contributed by atoms with Crippen LogP contribution in [0.1, 0.15) is 28.4 Å². The molecule has 1 amide bonds. The number of amides is 1. The first-order chi connectivity index (χ1) is 16.0. The molecule has 0 fully saturated rings. The highest BCUT2D eigenvalue weighted by molar-refractivity contribution is 6.31. The van der Waals surface area contributed by atoms with Crippen molar-refractivity contribution in [2.75, 3.05) is 17.6 Å². The molecule has 8 heteroatoms. The number of nitrogen functional groups attached to an aromatic ring is 1. The molecule has 166 valence electrons. The van der Waals surface area contributed by atoms with Crippen LogP contribution in [0.15, 0.2) is 72.8 Å². The summed E-state index contributed by atoms with van der Waals surface area (Å²) < 4.78 is 7.66. The van der Waals surface area contributed by atoms with Crippen molar-refractivity contribution in [3.63, 3.8) is 0 Å². The molecule has 0 aliphatic carbocycles. The predicted molar refractivity (Wildman–Crippen MR) is 130 cm³/mol. The van der Waals surface area contributed by atoms with Gasteiger partial charge in [0.05, 0.1) is 6.04 Å². The average Bonchev–Trinajstić information content (AvgIpc) is 3.22. The summed E-state index contributed by atoms with van der Waals surface area (Å²) in [6.45, 7) is 0.644. The highest BCUT2D eigenvalue weighted by Gasteiger charge is 2.31. The lowest BCUT2D eigenvalue weighted by atomic mass is 10.0. The summed E-state index contributed by atoms with van der Waals surface area (Å²) in [5, 5.41) is 8.68. The van der Waals surface area contributed by atoms with Crippen molar-refractivity contribution in [3.8, 4) is 22.8 Å². The molecule has 1 aliphatic rings. The molecular formula is C25H22ClN5O2. The van der Waals surface area contributed by atoms with E-state index in [2.05, 4.69) is 5.32 Å². The third kappa shape index (κ3) is 3.99. The van der Waals surface area contributed by atoms with Gasteiger partial charge in [0.1, 0.15) is 28.6 Å². The molecule has 2 heterocycles. The zero-order valence-electron chi connectivity index (χ0n) is 17.7. The number of nitrogens with one attached hydrogen (secondary N) is 1. The van der Waals surface area contributed by atoms with Gasteiger partial charge in [-0.15, -0.1) is 0 Å². The number of halogens is 1. The van der Waals surface area contributed by atoms with Crippen molar-refractivity contribution in [2.45, 2.75) is 12.5 Å². The van der Waals surface area contributed by atoms with Crippen molar-refractivity contribution in [1.29, 1.82) is 0 Å². The molecule has 5 rings (SSSR count). The Kier molecular flexibility index (Phi) is 5.40. The number of carbonyl (C=O) groups excluding carboxylic acids is 1. The van der Waals surface area contributed by atoms with Crippen LogP contribution in [-0.2, 0) is 0 Å². The summed E-state index contributed by atoms with van der Waals surface area (Å²) in [5.41, 5.74) is 14.9. The van der Waals surface area contributed by atoms with Gasteiger partial charge in [0.25, 0.3) is 5.91 Å². The standard InChI is InChI=1S/C25H22ClN5O2/c26-20-11-8-16(27)14-19(20)21-12-13-29-25-22(24(28)32)23(30-31(21)25)15-6-9-18(10-7-15)33-17-4-2-1-3-5-17/h1-11,14,21,29H,12-13,27H2,(H2,28,32). The lowest BCUT2D eigenvalue weighted by Gasteiger charge is -2.27. The molecule has 0 saturated heterocycles. The number of hydrogen-bond donors (Lipinski definition) is 3. The molecule has 7 nitrogen and oxygen atoms in total. The first kappa shape index (κ1) is 20.9. The number of primary amides is 1. The molecular weight excluding hydrogens is 438 g/mol. The second kappa shape index (κ2) is 8.52. The number of aromatic nitrogens is 2. The van der Waals surface area contributed by atoms with Gasteiger partial charge in [-0.05, 0) is 66.6 Å². The van der Waals surface area contributed by atoms with E-state index in [4.69, 9.17) is 32.9 Å². The lowest BCUT2D eigenvalue weighted by molar-refractivity contribution is 0.100. The minimum Gasteiger partial charge on any atom is -0.457 e. The maximum atomic E-state index is 12.5. The topological polar surface area (TPSA) is 108 Å². The number of benzene rings is 3. The minimum atomic E-state index is -0.553. The van der Waals surface area contributed by atoms with Gasteiger partial charge in [0, 0.05) is 22.8 Å². The van der Waals surface area contributed by atoms with Crippen molar-refractivity contribution in [2.24, 2.45) is 5.73 Å². The number of rotatable bonds is 5. The summed E-state index contributed by atoms with van der Waals surface area (Å²) in [7, 11) is 0. The summed E-state index contributed by atoms with van der Waals surface area (Å²) in [5.74, 6) is 1.45. The molecule has 1 aromatic heterocycles. The smallest absolute Gasteiger partial charge is 0.254 e. The number of para-hydroxylation sites is 1. The first-order valence-electron chi connectivity index (χ1n) is 10.6. The van der Waals surface area contributed by atoms with E-state index < -0.39 is 5.91 Å². The second-order valence-corrected chi connectivity index (χ2v) is 8.24. The number of nitrogens with zero attached hydrogens (tertiary/aromatic N) is 2. The fourth-order valence-electron chi connectivity index (χ4n) is 4.12. The van der Waals surface area contributed by atoms with Crippen molar-refractivity contribution >= 4 is 29.0 Å². The molecule has 0 radical (unpaired) electrons. The zero-order valence-corrected chi connectivity index (χ0v) is 18.4. The molecule has 1 unspecified atom stereocenters. The van der Waals surface area contributed by atoms with E-state index in [9.17, 15) is 4.79 Å². The Morgan fingerprint density at radius 1 is 1.06 bits per heavy atom. The summed E-state index contributed by atoms with van der Waals surface area (Å²) in [6.07, 6.45) is 0.735. The second-order valence-electron chi connectivity index (χ2n) is 7.83. The van der Waals surface area contributed by atoms with Crippen LogP contribution in [0, 0.1) is 0 Å². The third-order valence-electron chi connectivity index (χ3n) is 5.65. The minimum absolute atomic E-state index is 0.176. The van der Waals surface area contributed by atoms with Crippen molar-refractivity contribution < 1.29 is 9.53 Å². The number of hydrogen-bond acceptors (Lipinski definition) is 5. The molecule has 1 aliphatic heterocycles. The first-order valence-corrected chi connectivity index (χ1v) is 10.9. The Morgan fingerprint density at radius 3 is 2.52 bits per heavy atom. The van der Waals surface area contributed by atoms with E-state index in [0.717, 1.165) is 23.3 Å². The quantitative estimate of drug-likeness (QED) is 0.360. The van der Waals surface area contributed by atoms with Gasteiger partial charge in [-0.25, -0.2) is 4.68 Å². The van der Waals surface area contributed by atoms with Crippen LogP contribution >= 0.6 is 11.6 Å². The van der Waals surface area contributed by atoms with E-state index in [-0.39, 0.29) is 6.04 Å². The molecule has 1 atom stereocenters. The van der Waals surface area contributed by atoms with E-state index >= 15 is 0 Å². The van der Waals surface area contributed by atoms with Gasteiger partial charge in [-0.3, -0.25) is 4.79 Å². The number of ether oxygens (including phenoxy) is 1. The Hall–Kier alpha value is -3.97. The van der Waals surface area contributed by atoms with Crippen LogP contribution in [0.25, 0.3) is 11.3 Å². The number of nitrogens with two attached hydrogens (primary N) is 2. The van der Waals surface area contributed by atoms with Crippen LogP contribution in [0.2, 0.25) is 5.02 Å². The molecule has 5 N–H and O–H groups in total. The lowest BCUT2D eigenvalue weighted by Crippen LogP contribution is -2.26. The number of anilines is 2. The van der Waals surface area contributed by atoms with Gasteiger partial charge < -0.3 is 21.5 Å². The molecule has 4 aromatic rings. The van der Waals surface area contributed by atoms with Gasteiger partial charge >= 0.3 is 0 Å². The van der Waals surface area contributed by atoms with Crippen LogP contribution in [0.4, 0.5) is 11.5 Å². The van der Waals surface area contributed by atoms with E-state index in [1.54, 1.807) is 16.8 Å². The van der Waals surface area contributed by atoms with Crippen LogP contribution in [0.5, 0.6) is 11.5 Å². The maximum Gasteiger partial charge on any atom is 0.254 e. The van der Waals surface area contributed by atoms with Crippen LogP contribution in [0.3, 0.4) is 0 Å². The fraction of sp³-hybridized carbons (Fsp3) is 0.120. The average molecular weight is 460 g/mol. The monoisotopic (exact) mass is 459 g/mol. The van der Waals surface area contributed by atoms with E-state index in [1.165, 1.54) is 0 Å². The summed E-state index contributed by atoms with van der Waals surface area (Å²) in [6, 6.07) is 22.1. The SMILES string of the molecule is NC(=O)c1c(-c2ccc(Oc3ccccc3)cc2)nn2c1NCCC2c1cc(N)ccc1Cl. The Labute approximate surface area is 195 Å². The highest BCUT2D eigenvalue weighted by atomic mass is 35.5. The Balaban J connectivity index is 1.54. The normalized spacial score (nSPS) is 14.9. The third-order valence-corrected chi connectivity index (χ3v) is 5.99. The highest BCUT2D eigenvalue weighted by Crippen LogP contribution is 2.39. The number of carbonyl (C=O) groups is 1. The van der Waals surface area contributed by atoms with Gasteiger partial charge in [-0.1, -0.05) is 29.8 Å². The Bertz CT molecular complexity index is 1320. The number of fused-ring (bicyclic) bond motifs is 1. The summed E-state index contributed by atoms with van der Waals surface area (Å²) >= 11 is 6.48. The van der Waals surface area contributed by atoms with Gasteiger partial charge in [-0.2, -0.15) is 5.10 Å². The fourth-order valence-corrected chi connectivity index (χ4v) is 4.37. The summed E-state index contributed by atoms with van der Waals surface area (Å²) in [4.78, 5) is 12.5. The molecule has 3 aromatic carbocycles. The van der Waals surface area contributed by atoms with Crippen LogP contribution in [-0.4, -0.2) is 22.2 Å². The van der Waals surface area contributed by atoms with Crippen molar-refractivity contribution in [3.05, 3.63) is 88.9 Å². The zero-order chi connectivity index (χ0) is 22.9.